The average Bonchev–Trinajstić information content (AvgIpc) is 2.90. The highest BCUT2D eigenvalue weighted by Crippen LogP contribution is 2.31. The van der Waals surface area contributed by atoms with E-state index in [0.717, 1.165) is 36.1 Å². The summed E-state index contributed by atoms with van der Waals surface area (Å²) in [6.45, 7) is 4.79. The second kappa shape index (κ2) is 12.1. The first kappa shape index (κ1) is 25.8. The third-order valence-corrected chi connectivity index (χ3v) is 7.85. The van der Waals surface area contributed by atoms with Gasteiger partial charge in [-0.15, -0.1) is 0 Å². The van der Waals surface area contributed by atoms with Crippen molar-refractivity contribution in [2.24, 2.45) is 0 Å². The number of nitrogens with one attached hydrogen (secondary N) is 2. The maximum atomic E-state index is 13.5. The van der Waals surface area contributed by atoms with Crippen molar-refractivity contribution in [2.75, 3.05) is 6.54 Å². The van der Waals surface area contributed by atoms with Gasteiger partial charge < -0.3 is 5.32 Å². The van der Waals surface area contributed by atoms with E-state index in [1.165, 1.54) is 11.1 Å². The smallest absolute Gasteiger partial charge is 0.241 e. The quantitative estimate of drug-likeness (QED) is 0.239. The molecule has 4 aromatic carbocycles. The van der Waals surface area contributed by atoms with Gasteiger partial charge in [-0.2, -0.15) is 0 Å². The molecule has 4 nitrogen and oxygen atoms in total. The van der Waals surface area contributed by atoms with E-state index in [1.54, 1.807) is 12.1 Å². The van der Waals surface area contributed by atoms with Crippen LogP contribution < -0.4 is 10.0 Å². The molecule has 0 amide bonds. The summed E-state index contributed by atoms with van der Waals surface area (Å²) >= 11 is 0. The maximum absolute atomic E-state index is 13.5. The van der Waals surface area contributed by atoms with Gasteiger partial charge in [0.15, 0.2) is 0 Å². The molecule has 4 aromatic rings. The zero-order chi connectivity index (χ0) is 25.4. The normalized spacial score (nSPS) is 13.3. The molecule has 186 valence electrons. The van der Waals surface area contributed by atoms with Crippen molar-refractivity contribution in [1.82, 2.24) is 10.0 Å². The summed E-state index contributed by atoms with van der Waals surface area (Å²) in [6, 6.07) is 34.7. The highest BCUT2D eigenvalue weighted by Gasteiger charge is 2.29. The van der Waals surface area contributed by atoms with Gasteiger partial charge in [0.05, 0.1) is 17.0 Å². The fraction of sp³-hybridized carbons (Fsp3) is 0.226. The summed E-state index contributed by atoms with van der Waals surface area (Å²) in [4.78, 5) is 0.264. The Hall–Kier alpha value is -3.25. The van der Waals surface area contributed by atoms with Crippen LogP contribution in [0.3, 0.4) is 0 Å². The molecule has 0 heterocycles. The lowest BCUT2D eigenvalue weighted by atomic mass is 9.94. The van der Waals surface area contributed by atoms with Gasteiger partial charge in [-0.05, 0) is 62.1 Å². The summed E-state index contributed by atoms with van der Waals surface area (Å²) in [7, 11) is -3.75. The summed E-state index contributed by atoms with van der Waals surface area (Å²) in [5.74, 6) is 0. The fourth-order valence-electron chi connectivity index (χ4n) is 4.33. The van der Waals surface area contributed by atoms with Gasteiger partial charge in [-0.3, -0.25) is 0 Å². The highest BCUT2D eigenvalue weighted by molar-refractivity contribution is 7.89. The van der Waals surface area contributed by atoms with Gasteiger partial charge in [0, 0.05) is 0 Å². The number of hydrogen-bond donors (Lipinski definition) is 2. The molecule has 4 rings (SSSR count). The molecule has 2 N–H and O–H groups in total. The number of rotatable bonds is 11. The van der Waals surface area contributed by atoms with Gasteiger partial charge in [0.1, 0.15) is 0 Å². The second-order valence-corrected chi connectivity index (χ2v) is 11.0. The molecule has 0 radical (unpaired) electrons. The van der Waals surface area contributed by atoms with Crippen molar-refractivity contribution in [2.45, 2.75) is 43.7 Å². The summed E-state index contributed by atoms with van der Waals surface area (Å²) in [5, 5.41) is 3.67. The molecule has 0 fully saturated rings. The Bertz CT molecular complexity index is 1320. The predicted octanol–water partition coefficient (Wildman–Crippen LogP) is 6.29. The lowest BCUT2D eigenvalue weighted by molar-refractivity contribution is 0.420. The Kier molecular flexibility index (Phi) is 8.70. The van der Waals surface area contributed by atoms with Crippen LogP contribution in [0.1, 0.15) is 46.3 Å². The van der Waals surface area contributed by atoms with Crippen LogP contribution >= 0.6 is 0 Å². The van der Waals surface area contributed by atoms with Crippen LogP contribution in [0.25, 0.3) is 0 Å². The molecule has 0 aliphatic carbocycles. The molecule has 0 spiro atoms. The van der Waals surface area contributed by atoms with Crippen LogP contribution in [-0.4, -0.2) is 15.0 Å². The maximum Gasteiger partial charge on any atom is 0.241 e. The third kappa shape index (κ3) is 6.91. The van der Waals surface area contributed by atoms with E-state index < -0.39 is 16.1 Å². The summed E-state index contributed by atoms with van der Waals surface area (Å²) < 4.78 is 30.0. The molecular weight excluding hydrogens is 464 g/mol. The van der Waals surface area contributed by atoms with Crippen molar-refractivity contribution < 1.29 is 8.42 Å². The lowest BCUT2D eigenvalue weighted by Crippen LogP contribution is -2.39. The fourth-order valence-corrected chi connectivity index (χ4v) is 5.57. The van der Waals surface area contributed by atoms with Crippen LogP contribution in [0.4, 0.5) is 0 Å². The van der Waals surface area contributed by atoms with E-state index in [1.807, 2.05) is 79.7 Å². The Labute approximate surface area is 215 Å². The van der Waals surface area contributed by atoms with E-state index in [-0.39, 0.29) is 10.9 Å². The highest BCUT2D eigenvalue weighted by atomic mass is 32.2. The standard InChI is InChI=1S/C31H34N2O2S/c1-24-15-19-26(20-16-24)10-9-23-32-30(27-11-5-3-6-12-27)31(28-13-7-4-8-14-28)33-36(34,35)29-21-17-25(2)18-22-29/h3-8,11-22,30-33H,9-10,23H2,1-2H3/t30-,31-/m1/s1. The van der Waals surface area contributed by atoms with Gasteiger partial charge in [0.25, 0.3) is 0 Å². The Morgan fingerprint density at radius 3 is 1.69 bits per heavy atom. The molecule has 36 heavy (non-hydrogen) atoms. The molecule has 0 aliphatic rings. The van der Waals surface area contributed by atoms with Gasteiger partial charge in [0.2, 0.25) is 10.0 Å². The van der Waals surface area contributed by atoms with E-state index >= 15 is 0 Å². The minimum Gasteiger partial charge on any atom is -0.308 e. The van der Waals surface area contributed by atoms with Gasteiger partial charge in [-0.25, -0.2) is 13.1 Å². The van der Waals surface area contributed by atoms with Crippen LogP contribution in [-0.2, 0) is 16.4 Å². The molecule has 0 saturated carbocycles. The van der Waals surface area contributed by atoms with Crippen LogP contribution in [0, 0.1) is 13.8 Å². The van der Waals surface area contributed by atoms with Crippen molar-refractivity contribution in [3.05, 3.63) is 137 Å². The molecule has 5 heteroatoms. The molecule has 0 aliphatic heterocycles. The zero-order valence-corrected chi connectivity index (χ0v) is 21.7. The van der Waals surface area contributed by atoms with Crippen molar-refractivity contribution >= 4 is 10.0 Å². The largest absolute Gasteiger partial charge is 0.308 e. The molecular formula is C31H34N2O2S. The zero-order valence-electron chi connectivity index (χ0n) is 20.9. The van der Waals surface area contributed by atoms with Crippen LogP contribution in [0.2, 0.25) is 0 Å². The molecule has 0 aromatic heterocycles. The SMILES string of the molecule is Cc1ccc(CCCN[C@H](c2ccccc2)[C@H](NS(=O)(=O)c2ccc(C)cc2)c2ccccc2)cc1. The summed E-state index contributed by atoms with van der Waals surface area (Å²) in [5.41, 5.74) is 5.53. The van der Waals surface area contributed by atoms with E-state index in [4.69, 9.17) is 0 Å². The van der Waals surface area contributed by atoms with Crippen molar-refractivity contribution in [3.63, 3.8) is 0 Å². The number of aryl methyl sites for hydroxylation is 3. The van der Waals surface area contributed by atoms with Gasteiger partial charge in [-0.1, -0.05) is 108 Å². The Balaban J connectivity index is 1.60. The Morgan fingerprint density at radius 1 is 0.639 bits per heavy atom. The second-order valence-electron chi connectivity index (χ2n) is 9.25. The lowest BCUT2D eigenvalue weighted by Gasteiger charge is -2.30. The average molecular weight is 499 g/mol. The molecule has 0 saturated heterocycles. The monoisotopic (exact) mass is 498 g/mol. The van der Waals surface area contributed by atoms with Crippen molar-refractivity contribution in [3.8, 4) is 0 Å². The number of hydrogen-bond acceptors (Lipinski definition) is 3. The van der Waals surface area contributed by atoms with Crippen molar-refractivity contribution in [1.29, 1.82) is 0 Å². The first-order chi connectivity index (χ1) is 17.4. The predicted molar refractivity (Wildman–Crippen MR) is 147 cm³/mol. The minimum atomic E-state index is -3.75. The molecule has 2 atom stereocenters. The molecule has 0 bridgehead atoms. The topological polar surface area (TPSA) is 58.2 Å². The molecule has 0 unspecified atom stereocenters. The van der Waals surface area contributed by atoms with Crippen LogP contribution in [0.15, 0.2) is 114 Å². The minimum absolute atomic E-state index is 0.244. The van der Waals surface area contributed by atoms with E-state index in [0.29, 0.717) is 0 Å². The van der Waals surface area contributed by atoms with E-state index in [2.05, 4.69) is 41.2 Å². The van der Waals surface area contributed by atoms with Crippen LogP contribution in [0.5, 0.6) is 0 Å². The summed E-state index contributed by atoms with van der Waals surface area (Å²) in [6.07, 6.45) is 1.90. The number of sulfonamides is 1. The third-order valence-electron chi connectivity index (χ3n) is 6.39. The first-order valence-corrected chi connectivity index (χ1v) is 13.9. The number of benzene rings is 4. The van der Waals surface area contributed by atoms with Gasteiger partial charge >= 0.3 is 0 Å². The Morgan fingerprint density at radius 2 is 1.14 bits per heavy atom. The first-order valence-electron chi connectivity index (χ1n) is 12.4. The van der Waals surface area contributed by atoms with E-state index in [9.17, 15) is 8.42 Å².